The number of aliphatic carboxylic acids is 1. The SMILES string of the molecule is Cc1ccc(OCc2ccc(C(=O)N[C@@H](C(=O)O)C(C)C)o2)c(C)c1. The van der Waals surface area contributed by atoms with Gasteiger partial charge in [-0.15, -0.1) is 0 Å². The molecule has 6 heteroatoms. The van der Waals surface area contributed by atoms with Gasteiger partial charge in [0.05, 0.1) is 0 Å². The van der Waals surface area contributed by atoms with Crippen molar-refractivity contribution in [1.29, 1.82) is 0 Å². The van der Waals surface area contributed by atoms with Crippen LogP contribution in [0.3, 0.4) is 0 Å². The zero-order valence-electron chi connectivity index (χ0n) is 14.8. The number of carboxylic acid groups (broad SMARTS) is 1. The van der Waals surface area contributed by atoms with E-state index in [4.69, 9.17) is 14.3 Å². The first-order chi connectivity index (χ1) is 11.8. The van der Waals surface area contributed by atoms with E-state index in [9.17, 15) is 9.59 Å². The molecule has 2 rings (SSSR count). The number of carboxylic acids is 1. The fourth-order valence-corrected chi connectivity index (χ4v) is 2.41. The van der Waals surface area contributed by atoms with Crippen LogP contribution in [-0.2, 0) is 11.4 Å². The van der Waals surface area contributed by atoms with Crippen LogP contribution < -0.4 is 10.1 Å². The number of nitrogens with one attached hydrogen (secondary N) is 1. The number of rotatable bonds is 7. The second kappa shape index (κ2) is 7.88. The lowest BCUT2D eigenvalue weighted by Gasteiger charge is -2.16. The number of ether oxygens (including phenoxy) is 1. The van der Waals surface area contributed by atoms with E-state index in [1.807, 2.05) is 32.0 Å². The lowest BCUT2D eigenvalue weighted by Crippen LogP contribution is -2.44. The Morgan fingerprint density at radius 1 is 1.20 bits per heavy atom. The summed E-state index contributed by atoms with van der Waals surface area (Å²) in [6.07, 6.45) is 0. The van der Waals surface area contributed by atoms with Crippen molar-refractivity contribution < 1.29 is 23.8 Å². The molecule has 0 saturated carbocycles. The smallest absolute Gasteiger partial charge is 0.326 e. The van der Waals surface area contributed by atoms with Crippen LogP contribution in [-0.4, -0.2) is 23.0 Å². The van der Waals surface area contributed by atoms with Crippen molar-refractivity contribution in [2.45, 2.75) is 40.3 Å². The first-order valence-corrected chi connectivity index (χ1v) is 8.10. The number of benzene rings is 1. The fourth-order valence-electron chi connectivity index (χ4n) is 2.41. The molecule has 1 amide bonds. The van der Waals surface area contributed by atoms with Crippen LogP contribution >= 0.6 is 0 Å². The van der Waals surface area contributed by atoms with Crippen molar-refractivity contribution in [3.05, 3.63) is 53.0 Å². The number of carbonyl (C=O) groups excluding carboxylic acids is 1. The van der Waals surface area contributed by atoms with Gasteiger partial charge < -0.3 is 19.6 Å². The van der Waals surface area contributed by atoms with Gasteiger partial charge in [0, 0.05) is 0 Å². The van der Waals surface area contributed by atoms with Crippen molar-refractivity contribution in [3.8, 4) is 5.75 Å². The van der Waals surface area contributed by atoms with Gasteiger partial charge in [0.15, 0.2) is 5.76 Å². The molecule has 0 saturated heterocycles. The molecule has 6 nitrogen and oxygen atoms in total. The molecule has 2 N–H and O–H groups in total. The number of carbonyl (C=O) groups is 2. The Morgan fingerprint density at radius 2 is 1.92 bits per heavy atom. The summed E-state index contributed by atoms with van der Waals surface area (Å²) in [5.74, 6) is -0.567. The molecule has 1 heterocycles. The van der Waals surface area contributed by atoms with Gasteiger partial charge in [-0.3, -0.25) is 4.79 Å². The van der Waals surface area contributed by atoms with Crippen LogP contribution in [0.2, 0.25) is 0 Å². The number of hydrogen-bond donors (Lipinski definition) is 2. The third-order valence-corrected chi connectivity index (χ3v) is 3.81. The Morgan fingerprint density at radius 3 is 2.52 bits per heavy atom. The summed E-state index contributed by atoms with van der Waals surface area (Å²) in [4.78, 5) is 23.3. The Kier molecular flexibility index (Phi) is 5.85. The molecule has 0 radical (unpaired) electrons. The molecule has 25 heavy (non-hydrogen) atoms. The minimum atomic E-state index is -1.08. The van der Waals surface area contributed by atoms with Gasteiger partial charge in [0.25, 0.3) is 5.91 Å². The molecule has 2 aromatic rings. The molecule has 0 aliphatic heterocycles. The Hall–Kier alpha value is -2.76. The van der Waals surface area contributed by atoms with E-state index in [0.29, 0.717) is 5.76 Å². The van der Waals surface area contributed by atoms with Gasteiger partial charge in [0.1, 0.15) is 24.2 Å². The van der Waals surface area contributed by atoms with Gasteiger partial charge in [0.2, 0.25) is 0 Å². The molecule has 0 unspecified atom stereocenters. The molecule has 0 aliphatic rings. The molecule has 0 bridgehead atoms. The quantitative estimate of drug-likeness (QED) is 0.803. The maximum absolute atomic E-state index is 12.1. The van der Waals surface area contributed by atoms with Crippen LogP contribution in [0.5, 0.6) is 5.75 Å². The third-order valence-electron chi connectivity index (χ3n) is 3.81. The van der Waals surface area contributed by atoms with Crippen molar-refractivity contribution in [2.75, 3.05) is 0 Å². The summed E-state index contributed by atoms with van der Waals surface area (Å²) in [7, 11) is 0. The molecule has 1 atom stereocenters. The minimum absolute atomic E-state index is 0.0612. The van der Waals surface area contributed by atoms with Crippen LogP contribution in [0.25, 0.3) is 0 Å². The average Bonchev–Trinajstić information content (AvgIpc) is 3.00. The number of amides is 1. The topological polar surface area (TPSA) is 88.8 Å². The number of furan rings is 1. The highest BCUT2D eigenvalue weighted by Crippen LogP contribution is 2.20. The normalized spacial score (nSPS) is 12.0. The first-order valence-electron chi connectivity index (χ1n) is 8.10. The summed E-state index contributed by atoms with van der Waals surface area (Å²) < 4.78 is 11.2. The Labute approximate surface area is 146 Å². The summed E-state index contributed by atoms with van der Waals surface area (Å²) in [5.41, 5.74) is 2.17. The van der Waals surface area contributed by atoms with Crippen LogP contribution in [0.1, 0.15) is 41.3 Å². The summed E-state index contributed by atoms with van der Waals surface area (Å²) in [6.45, 7) is 7.61. The maximum atomic E-state index is 12.1. The molecule has 0 fully saturated rings. The van der Waals surface area contributed by atoms with Crippen molar-refractivity contribution in [2.24, 2.45) is 5.92 Å². The zero-order chi connectivity index (χ0) is 18.6. The molecule has 0 spiro atoms. The molecule has 134 valence electrons. The van der Waals surface area contributed by atoms with Crippen LogP contribution in [0.15, 0.2) is 34.7 Å². The van der Waals surface area contributed by atoms with Gasteiger partial charge in [-0.2, -0.15) is 0 Å². The van der Waals surface area contributed by atoms with E-state index in [1.165, 1.54) is 6.07 Å². The largest absolute Gasteiger partial charge is 0.485 e. The minimum Gasteiger partial charge on any atom is -0.485 e. The number of aryl methyl sites for hydroxylation is 2. The highest BCUT2D eigenvalue weighted by atomic mass is 16.5. The monoisotopic (exact) mass is 345 g/mol. The first kappa shape index (κ1) is 18.6. The fraction of sp³-hybridized carbons (Fsp3) is 0.368. The molecule has 1 aromatic carbocycles. The molecular formula is C19H23NO5. The second-order valence-corrected chi connectivity index (χ2v) is 6.36. The van der Waals surface area contributed by atoms with Gasteiger partial charge in [-0.25, -0.2) is 4.79 Å². The van der Waals surface area contributed by atoms with E-state index in [-0.39, 0.29) is 18.3 Å². The van der Waals surface area contributed by atoms with E-state index in [1.54, 1.807) is 19.9 Å². The van der Waals surface area contributed by atoms with Gasteiger partial charge in [-0.1, -0.05) is 31.5 Å². The summed E-state index contributed by atoms with van der Waals surface area (Å²) in [6, 6.07) is 8.06. The van der Waals surface area contributed by atoms with E-state index >= 15 is 0 Å². The predicted octanol–water partition coefficient (Wildman–Crippen LogP) is 3.31. The van der Waals surface area contributed by atoms with E-state index in [2.05, 4.69) is 5.32 Å². The third kappa shape index (κ3) is 4.86. The lowest BCUT2D eigenvalue weighted by atomic mass is 10.0. The zero-order valence-corrected chi connectivity index (χ0v) is 14.8. The highest BCUT2D eigenvalue weighted by Gasteiger charge is 2.25. The van der Waals surface area contributed by atoms with Gasteiger partial charge in [-0.05, 0) is 43.5 Å². The van der Waals surface area contributed by atoms with E-state index in [0.717, 1.165) is 16.9 Å². The van der Waals surface area contributed by atoms with Crippen molar-refractivity contribution in [3.63, 3.8) is 0 Å². The van der Waals surface area contributed by atoms with Crippen LogP contribution in [0, 0.1) is 19.8 Å². The standard InChI is InChI=1S/C19H23NO5/c1-11(2)17(19(22)23)20-18(21)16-8-6-14(25-16)10-24-15-7-5-12(3)9-13(15)4/h5-9,11,17H,10H2,1-4H3,(H,20,21)(H,22,23)/t17-/m1/s1. The molecular weight excluding hydrogens is 322 g/mol. The Bertz CT molecular complexity index is 763. The van der Waals surface area contributed by atoms with Gasteiger partial charge >= 0.3 is 5.97 Å². The maximum Gasteiger partial charge on any atom is 0.326 e. The van der Waals surface area contributed by atoms with Crippen molar-refractivity contribution in [1.82, 2.24) is 5.32 Å². The summed E-state index contributed by atoms with van der Waals surface area (Å²) in [5, 5.41) is 11.6. The van der Waals surface area contributed by atoms with Crippen LogP contribution in [0.4, 0.5) is 0 Å². The second-order valence-electron chi connectivity index (χ2n) is 6.36. The predicted molar refractivity (Wildman–Crippen MR) is 92.7 cm³/mol. The summed E-state index contributed by atoms with van der Waals surface area (Å²) >= 11 is 0. The Balaban J connectivity index is 1.99. The van der Waals surface area contributed by atoms with Crippen molar-refractivity contribution >= 4 is 11.9 Å². The number of hydrogen-bond acceptors (Lipinski definition) is 4. The molecule has 0 aliphatic carbocycles. The average molecular weight is 345 g/mol. The van der Waals surface area contributed by atoms with E-state index < -0.39 is 17.9 Å². The molecule has 1 aromatic heterocycles. The highest BCUT2D eigenvalue weighted by molar-refractivity contribution is 5.94. The lowest BCUT2D eigenvalue weighted by molar-refractivity contribution is -0.140.